The summed E-state index contributed by atoms with van der Waals surface area (Å²) in [7, 11) is 1.32. The first kappa shape index (κ1) is 27.2. The molecule has 1 aliphatic heterocycles. The standard InChI is InChI=1S/C29H26ClN3O4.ClH/c1-37-29(36)19-9-12-22(13-10-19)31-27(34)20-8-5-15-33(17-20)26-25(18-6-3-2-4-7-18)23-16-21(30)11-14-24(23)32-28(26)35;/h2-4,6-7,9-14,16,20H,5,8,15,17H2,1H3,(H,31,34)(H,32,35);1H/p-1. The molecule has 0 spiro atoms. The molecular weight excluding hydrogens is 525 g/mol. The van der Waals surface area contributed by atoms with Gasteiger partial charge in [0, 0.05) is 40.3 Å². The van der Waals surface area contributed by atoms with Crippen LogP contribution in [0.25, 0.3) is 22.0 Å². The highest BCUT2D eigenvalue weighted by atomic mass is 35.5. The molecule has 1 aromatic heterocycles. The molecule has 1 saturated heterocycles. The van der Waals surface area contributed by atoms with Crippen LogP contribution in [-0.2, 0) is 9.53 Å². The van der Waals surface area contributed by atoms with Crippen molar-refractivity contribution in [2.75, 3.05) is 30.4 Å². The fourth-order valence-electron chi connectivity index (χ4n) is 4.90. The largest absolute Gasteiger partial charge is 1.00 e. The number of hydrogen-bond acceptors (Lipinski definition) is 5. The number of H-pyrrole nitrogens is 1. The number of carbonyl (C=O) groups excluding carboxylic acids is 2. The average molecular weight is 551 g/mol. The lowest BCUT2D eigenvalue weighted by Gasteiger charge is -2.34. The number of ether oxygens (including phenoxy) is 1. The first-order chi connectivity index (χ1) is 17.9. The Hall–Kier alpha value is -3.81. The summed E-state index contributed by atoms with van der Waals surface area (Å²) >= 11 is 6.35. The van der Waals surface area contributed by atoms with Crippen molar-refractivity contribution in [3.63, 3.8) is 0 Å². The summed E-state index contributed by atoms with van der Waals surface area (Å²) in [6, 6.07) is 21.8. The lowest BCUT2D eigenvalue weighted by Crippen LogP contribution is -3.00. The van der Waals surface area contributed by atoms with Gasteiger partial charge in [-0.3, -0.25) is 9.59 Å². The number of aromatic nitrogens is 1. The third kappa shape index (κ3) is 5.54. The third-order valence-electron chi connectivity index (χ3n) is 6.70. The van der Waals surface area contributed by atoms with Crippen LogP contribution >= 0.6 is 11.6 Å². The number of rotatable bonds is 5. The topological polar surface area (TPSA) is 91.5 Å². The number of hydrogen-bond donors (Lipinski definition) is 2. The number of aromatic amines is 1. The molecule has 2 heterocycles. The molecule has 1 amide bonds. The first-order valence-electron chi connectivity index (χ1n) is 12.1. The lowest BCUT2D eigenvalue weighted by atomic mass is 9.93. The number of halogens is 2. The Bertz CT molecular complexity index is 1520. The van der Waals surface area contributed by atoms with E-state index in [1.54, 1.807) is 30.3 Å². The number of methoxy groups -OCH3 is 1. The minimum atomic E-state index is -0.433. The molecule has 4 aromatic rings. The van der Waals surface area contributed by atoms with E-state index in [1.165, 1.54) is 7.11 Å². The SMILES string of the molecule is COC(=O)c1ccc(NC(=O)C2CCCN(c3c(-c4ccccc4)c4cc(Cl)ccc4[nH]c3=O)C2)cc1.[Cl-]. The molecule has 1 atom stereocenters. The Morgan fingerprint density at radius 1 is 1.05 bits per heavy atom. The van der Waals surface area contributed by atoms with Crippen molar-refractivity contribution in [1.82, 2.24) is 4.98 Å². The Labute approximate surface area is 231 Å². The molecule has 196 valence electrons. The van der Waals surface area contributed by atoms with E-state index in [9.17, 15) is 14.4 Å². The van der Waals surface area contributed by atoms with E-state index in [4.69, 9.17) is 16.3 Å². The van der Waals surface area contributed by atoms with Crippen molar-refractivity contribution in [3.8, 4) is 11.1 Å². The number of fused-ring (bicyclic) bond motifs is 1. The van der Waals surface area contributed by atoms with Crippen LogP contribution in [0.4, 0.5) is 11.4 Å². The van der Waals surface area contributed by atoms with E-state index >= 15 is 0 Å². The molecule has 0 radical (unpaired) electrons. The number of pyridine rings is 1. The molecule has 3 aromatic carbocycles. The number of piperidine rings is 1. The van der Waals surface area contributed by atoms with E-state index in [-0.39, 0.29) is 29.8 Å². The molecule has 2 N–H and O–H groups in total. The van der Waals surface area contributed by atoms with E-state index in [0.29, 0.717) is 47.0 Å². The highest BCUT2D eigenvalue weighted by Crippen LogP contribution is 2.37. The second-order valence-corrected chi connectivity index (χ2v) is 9.51. The molecule has 0 bridgehead atoms. The van der Waals surface area contributed by atoms with Gasteiger partial charge in [-0.25, -0.2) is 4.79 Å². The second kappa shape index (κ2) is 11.7. The minimum Gasteiger partial charge on any atom is -1.00 e. The van der Waals surface area contributed by atoms with Gasteiger partial charge in [0.15, 0.2) is 0 Å². The van der Waals surface area contributed by atoms with Crippen LogP contribution in [0.2, 0.25) is 5.02 Å². The van der Waals surface area contributed by atoms with Crippen LogP contribution in [0.1, 0.15) is 23.2 Å². The Morgan fingerprint density at radius 3 is 2.50 bits per heavy atom. The summed E-state index contributed by atoms with van der Waals surface area (Å²) in [6.07, 6.45) is 1.47. The Balaban J connectivity index is 0.00000336. The van der Waals surface area contributed by atoms with Crippen LogP contribution < -0.4 is 28.2 Å². The maximum absolute atomic E-state index is 13.4. The van der Waals surface area contributed by atoms with E-state index in [1.807, 2.05) is 47.4 Å². The normalized spacial score (nSPS) is 15.0. The summed E-state index contributed by atoms with van der Waals surface area (Å²) in [6.45, 7) is 1.06. The monoisotopic (exact) mass is 550 g/mol. The van der Waals surface area contributed by atoms with Crippen molar-refractivity contribution < 1.29 is 26.7 Å². The number of carbonyl (C=O) groups is 2. The predicted octanol–water partition coefficient (Wildman–Crippen LogP) is 2.49. The third-order valence-corrected chi connectivity index (χ3v) is 6.93. The van der Waals surface area contributed by atoms with Gasteiger partial charge < -0.3 is 32.3 Å². The molecule has 9 heteroatoms. The van der Waals surface area contributed by atoms with Gasteiger partial charge >= 0.3 is 5.97 Å². The number of anilines is 2. The minimum absolute atomic E-state index is 0. The smallest absolute Gasteiger partial charge is 0.337 e. The molecule has 1 unspecified atom stereocenters. The molecule has 7 nitrogen and oxygen atoms in total. The van der Waals surface area contributed by atoms with Crippen molar-refractivity contribution >= 4 is 45.8 Å². The zero-order valence-corrected chi connectivity index (χ0v) is 22.2. The maximum Gasteiger partial charge on any atom is 0.337 e. The number of amides is 1. The Morgan fingerprint density at radius 2 is 1.79 bits per heavy atom. The van der Waals surface area contributed by atoms with E-state index in [0.717, 1.165) is 22.9 Å². The van der Waals surface area contributed by atoms with Gasteiger partial charge in [-0.1, -0.05) is 41.9 Å². The lowest BCUT2D eigenvalue weighted by molar-refractivity contribution is -0.120. The summed E-state index contributed by atoms with van der Waals surface area (Å²) in [5.74, 6) is -0.874. The fraction of sp³-hybridized carbons (Fsp3) is 0.207. The van der Waals surface area contributed by atoms with Crippen LogP contribution in [0.5, 0.6) is 0 Å². The van der Waals surface area contributed by atoms with Crippen LogP contribution in [0.3, 0.4) is 0 Å². The molecule has 5 rings (SSSR count). The molecule has 0 saturated carbocycles. The summed E-state index contributed by atoms with van der Waals surface area (Å²) in [4.78, 5) is 43.3. The van der Waals surface area contributed by atoms with Crippen molar-refractivity contribution in [1.29, 1.82) is 0 Å². The zero-order valence-electron chi connectivity index (χ0n) is 20.7. The fourth-order valence-corrected chi connectivity index (χ4v) is 5.07. The van der Waals surface area contributed by atoms with Crippen molar-refractivity contribution in [2.45, 2.75) is 12.8 Å². The van der Waals surface area contributed by atoms with Gasteiger partial charge in [-0.15, -0.1) is 0 Å². The molecular formula is C29H26Cl2N3O4-. The van der Waals surface area contributed by atoms with Gasteiger partial charge in [0.05, 0.1) is 18.6 Å². The van der Waals surface area contributed by atoms with Gasteiger partial charge in [0.1, 0.15) is 5.69 Å². The van der Waals surface area contributed by atoms with Gasteiger partial charge in [0.25, 0.3) is 5.56 Å². The van der Waals surface area contributed by atoms with Crippen molar-refractivity contribution in [3.05, 3.63) is 93.7 Å². The maximum atomic E-state index is 13.4. The zero-order chi connectivity index (χ0) is 25.9. The summed E-state index contributed by atoms with van der Waals surface area (Å²) in [5.41, 5.74) is 3.77. The number of nitrogens with zero attached hydrogens (tertiary/aromatic N) is 1. The van der Waals surface area contributed by atoms with Gasteiger partial charge in [0.2, 0.25) is 5.91 Å². The number of nitrogens with one attached hydrogen (secondary N) is 2. The van der Waals surface area contributed by atoms with Gasteiger partial charge in [-0.05, 0) is 60.9 Å². The average Bonchev–Trinajstić information content (AvgIpc) is 2.93. The van der Waals surface area contributed by atoms with Crippen molar-refractivity contribution in [2.24, 2.45) is 5.92 Å². The van der Waals surface area contributed by atoms with Crippen LogP contribution in [-0.4, -0.2) is 37.1 Å². The number of esters is 1. The first-order valence-corrected chi connectivity index (χ1v) is 12.5. The Kier molecular flexibility index (Phi) is 8.39. The molecule has 0 aliphatic carbocycles. The molecule has 38 heavy (non-hydrogen) atoms. The van der Waals surface area contributed by atoms with Crippen LogP contribution in [0, 0.1) is 5.92 Å². The molecule has 1 fully saturated rings. The van der Waals surface area contributed by atoms with E-state index < -0.39 is 5.97 Å². The van der Waals surface area contributed by atoms with Gasteiger partial charge in [-0.2, -0.15) is 0 Å². The quantitative estimate of drug-likeness (QED) is 0.372. The predicted molar refractivity (Wildman–Crippen MR) is 146 cm³/mol. The molecule has 1 aliphatic rings. The van der Waals surface area contributed by atoms with E-state index in [2.05, 4.69) is 10.3 Å². The highest BCUT2D eigenvalue weighted by molar-refractivity contribution is 6.31. The summed E-state index contributed by atoms with van der Waals surface area (Å²) in [5, 5.41) is 4.38. The highest BCUT2D eigenvalue weighted by Gasteiger charge is 2.29. The summed E-state index contributed by atoms with van der Waals surface area (Å²) < 4.78 is 4.72. The second-order valence-electron chi connectivity index (χ2n) is 9.08. The van der Waals surface area contributed by atoms with Crippen LogP contribution in [0.15, 0.2) is 77.6 Å². The number of benzene rings is 3.